The molecule has 0 aliphatic carbocycles. The number of rotatable bonds is 5. The Labute approximate surface area is 153 Å². The summed E-state index contributed by atoms with van der Waals surface area (Å²) in [7, 11) is 1.81. The van der Waals surface area contributed by atoms with Crippen molar-refractivity contribution in [2.24, 2.45) is 7.05 Å². The number of hydrogen-bond acceptors (Lipinski definition) is 5. The van der Waals surface area contributed by atoms with E-state index in [4.69, 9.17) is 11.6 Å². The van der Waals surface area contributed by atoms with Crippen LogP contribution in [0.4, 0.5) is 5.69 Å². The van der Waals surface area contributed by atoms with Crippen LogP contribution in [-0.4, -0.2) is 25.6 Å². The smallest absolute Gasteiger partial charge is 0.270 e. The average molecular weight is 372 g/mol. The van der Waals surface area contributed by atoms with Crippen molar-refractivity contribution in [3.63, 3.8) is 0 Å². The number of amides is 1. The third-order valence-electron chi connectivity index (χ3n) is 3.74. The molecule has 1 aromatic carbocycles. The van der Waals surface area contributed by atoms with Gasteiger partial charge in [0.15, 0.2) is 0 Å². The van der Waals surface area contributed by atoms with Gasteiger partial charge in [-0.05, 0) is 24.3 Å². The number of nitrogens with zero attached hydrogens (tertiary/aromatic N) is 4. The number of hydrogen-bond donors (Lipinski definition) is 1. The predicted molar refractivity (Wildman–Crippen MR) is 95.7 cm³/mol. The number of carbonyl (C=O) groups excluding carboxylic acids is 1. The molecule has 0 saturated heterocycles. The lowest BCUT2D eigenvalue weighted by Crippen LogP contribution is -2.23. The van der Waals surface area contributed by atoms with Crippen molar-refractivity contribution < 1.29 is 9.72 Å². The number of aryl methyl sites for hydroxylation is 1. The zero-order valence-electron chi connectivity index (χ0n) is 13.7. The Morgan fingerprint density at radius 2 is 2.00 bits per heavy atom. The second-order valence-electron chi connectivity index (χ2n) is 5.48. The van der Waals surface area contributed by atoms with Crippen LogP contribution in [0.25, 0.3) is 11.3 Å². The first-order valence-corrected chi connectivity index (χ1v) is 7.99. The van der Waals surface area contributed by atoms with E-state index in [0.29, 0.717) is 5.69 Å². The first kappa shape index (κ1) is 17.6. The van der Waals surface area contributed by atoms with Gasteiger partial charge in [-0.25, -0.2) is 0 Å². The summed E-state index contributed by atoms with van der Waals surface area (Å²) in [6.45, 7) is 0.199. The van der Waals surface area contributed by atoms with Gasteiger partial charge in [0.05, 0.1) is 33.4 Å². The van der Waals surface area contributed by atoms with Crippen molar-refractivity contribution >= 4 is 23.2 Å². The fourth-order valence-electron chi connectivity index (χ4n) is 2.47. The number of halogens is 1. The second kappa shape index (κ2) is 7.32. The number of carbonyl (C=O) groups is 1. The molecule has 0 unspecified atom stereocenters. The maximum absolute atomic E-state index is 12.3. The van der Waals surface area contributed by atoms with Crippen LogP contribution in [-0.2, 0) is 13.6 Å². The minimum Gasteiger partial charge on any atom is -0.346 e. The third kappa shape index (κ3) is 3.70. The van der Waals surface area contributed by atoms with Crippen LogP contribution in [0.5, 0.6) is 0 Å². The number of non-ortho nitro benzene ring substituents is 1. The van der Waals surface area contributed by atoms with E-state index in [2.05, 4.69) is 15.4 Å². The second-order valence-corrected chi connectivity index (χ2v) is 5.89. The molecule has 1 amide bonds. The van der Waals surface area contributed by atoms with Gasteiger partial charge in [0, 0.05) is 37.1 Å². The molecular weight excluding hydrogens is 358 g/mol. The maximum Gasteiger partial charge on any atom is 0.270 e. The molecule has 0 saturated carbocycles. The van der Waals surface area contributed by atoms with Crippen molar-refractivity contribution in [3.05, 3.63) is 75.2 Å². The van der Waals surface area contributed by atoms with Gasteiger partial charge in [0.25, 0.3) is 11.6 Å². The first-order chi connectivity index (χ1) is 12.5. The minimum atomic E-state index is -0.567. The van der Waals surface area contributed by atoms with E-state index in [-0.39, 0.29) is 22.8 Å². The number of nitrogens with one attached hydrogen (secondary N) is 1. The van der Waals surface area contributed by atoms with Crippen molar-refractivity contribution in [1.82, 2.24) is 20.1 Å². The lowest BCUT2D eigenvalue weighted by molar-refractivity contribution is -0.384. The monoisotopic (exact) mass is 371 g/mol. The summed E-state index contributed by atoms with van der Waals surface area (Å²) in [6, 6.07) is 9.33. The van der Waals surface area contributed by atoms with Crippen LogP contribution in [0, 0.1) is 10.1 Å². The molecule has 0 aliphatic rings. The summed E-state index contributed by atoms with van der Waals surface area (Å²) in [5, 5.41) is 17.8. The Hall–Kier alpha value is -3.26. The Bertz CT molecular complexity index is 972. The topological polar surface area (TPSA) is 103 Å². The summed E-state index contributed by atoms with van der Waals surface area (Å²) in [5.41, 5.74) is 2.53. The van der Waals surface area contributed by atoms with Crippen molar-refractivity contribution in [1.29, 1.82) is 0 Å². The van der Waals surface area contributed by atoms with Crippen molar-refractivity contribution in [2.45, 2.75) is 6.54 Å². The highest BCUT2D eigenvalue weighted by Crippen LogP contribution is 2.23. The highest BCUT2D eigenvalue weighted by Gasteiger charge is 2.15. The van der Waals surface area contributed by atoms with E-state index < -0.39 is 10.8 Å². The van der Waals surface area contributed by atoms with E-state index in [1.54, 1.807) is 17.1 Å². The minimum absolute atomic E-state index is 0.0233. The number of nitro benzene ring substituents is 1. The molecule has 0 radical (unpaired) electrons. The molecule has 8 nitrogen and oxygen atoms in total. The summed E-state index contributed by atoms with van der Waals surface area (Å²) >= 11 is 5.97. The van der Waals surface area contributed by atoms with Crippen LogP contribution in [0.3, 0.4) is 0 Å². The molecule has 26 heavy (non-hydrogen) atoms. The van der Waals surface area contributed by atoms with E-state index >= 15 is 0 Å². The van der Waals surface area contributed by atoms with Gasteiger partial charge in [-0.15, -0.1) is 0 Å². The van der Waals surface area contributed by atoms with Gasteiger partial charge in [0.1, 0.15) is 0 Å². The van der Waals surface area contributed by atoms with Gasteiger partial charge in [-0.3, -0.25) is 24.6 Å². The molecular formula is C17H14ClN5O3. The summed E-state index contributed by atoms with van der Waals surface area (Å²) < 4.78 is 1.72. The highest BCUT2D eigenvalue weighted by molar-refractivity contribution is 6.34. The molecule has 2 heterocycles. The van der Waals surface area contributed by atoms with E-state index in [1.165, 1.54) is 12.1 Å². The number of nitro groups is 1. The average Bonchev–Trinajstić information content (AvgIpc) is 3.01. The van der Waals surface area contributed by atoms with Crippen molar-refractivity contribution in [3.8, 4) is 11.3 Å². The quantitative estimate of drug-likeness (QED) is 0.548. The Balaban J connectivity index is 1.72. The van der Waals surface area contributed by atoms with E-state index in [0.717, 1.165) is 17.3 Å². The first-order valence-electron chi connectivity index (χ1n) is 7.61. The Kier molecular flexibility index (Phi) is 4.94. The van der Waals surface area contributed by atoms with E-state index in [1.807, 2.05) is 25.2 Å². The van der Waals surface area contributed by atoms with E-state index in [9.17, 15) is 14.9 Å². The third-order valence-corrected chi connectivity index (χ3v) is 4.06. The lowest BCUT2D eigenvalue weighted by Gasteiger charge is -2.05. The Morgan fingerprint density at radius 1 is 1.27 bits per heavy atom. The van der Waals surface area contributed by atoms with Crippen LogP contribution >= 0.6 is 11.6 Å². The van der Waals surface area contributed by atoms with Crippen molar-refractivity contribution in [2.75, 3.05) is 0 Å². The molecule has 0 fully saturated rings. The molecule has 2 aromatic heterocycles. The zero-order valence-corrected chi connectivity index (χ0v) is 14.5. The summed E-state index contributed by atoms with van der Waals surface area (Å²) in [5.74, 6) is -0.430. The molecule has 1 N–H and O–H groups in total. The highest BCUT2D eigenvalue weighted by atomic mass is 35.5. The maximum atomic E-state index is 12.3. The Morgan fingerprint density at radius 3 is 2.65 bits per heavy atom. The number of benzene rings is 1. The predicted octanol–water partition coefficient (Wildman–Crippen LogP) is 2.97. The molecule has 0 bridgehead atoms. The fraction of sp³-hybridized carbons (Fsp3) is 0.118. The SMILES string of the molecule is Cn1nc(CNC(=O)c2ccc([N+](=O)[O-])cc2Cl)cc1-c1ccncc1. The van der Waals surface area contributed by atoms with Crippen LogP contribution in [0.2, 0.25) is 5.02 Å². The van der Waals surface area contributed by atoms with Crippen LogP contribution in [0.1, 0.15) is 16.1 Å². The summed E-state index contributed by atoms with van der Waals surface area (Å²) in [6.07, 6.45) is 3.39. The molecule has 9 heteroatoms. The van der Waals surface area contributed by atoms with Gasteiger partial charge < -0.3 is 5.32 Å². The number of pyridine rings is 1. The zero-order chi connectivity index (χ0) is 18.7. The van der Waals surface area contributed by atoms with Gasteiger partial charge >= 0.3 is 0 Å². The molecule has 0 atom stereocenters. The van der Waals surface area contributed by atoms with Gasteiger partial charge in [0.2, 0.25) is 0 Å². The molecule has 132 valence electrons. The molecule has 3 rings (SSSR count). The van der Waals surface area contributed by atoms with Crippen LogP contribution < -0.4 is 5.32 Å². The standard InChI is InChI=1S/C17H14ClN5O3/c1-22-16(11-4-6-19-7-5-11)8-12(21-22)10-20-17(24)14-3-2-13(23(25)26)9-15(14)18/h2-9H,10H2,1H3,(H,20,24). The largest absolute Gasteiger partial charge is 0.346 e. The van der Waals surface area contributed by atoms with Gasteiger partial charge in [-0.1, -0.05) is 11.6 Å². The number of aromatic nitrogens is 3. The normalized spacial score (nSPS) is 10.5. The summed E-state index contributed by atoms with van der Waals surface area (Å²) in [4.78, 5) is 26.4. The fourth-order valence-corrected chi connectivity index (χ4v) is 2.73. The molecule has 0 spiro atoms. The molecule has 0 aliphatic heterocycles. The van der Waals surface area contributed by atoms with Gasteiger partial charge in [-0.2, -0.15) is 5.10 Å². The molecule has 3 aromatic rings. The van der Waals surface area contributed by atoms with Crippen LogP contribution in [0.15, 0.2) is 48.8 Å². The lowest BCUT2D eigenvalue weighted by atomic mass is 10.2.